The van der Waals surface area contributed by atoms with Gasteiger partial charge in [0.05, 0.1) is 30.6 Å². The summed E-state index contributed by atoms with van der Waals surface area (Å²) in [6.45, 7) is 0. The van der Waals surface area contributed by atoms with Gasteiger partial charge in [0.2, 0.25) is 0 Å². The van der Waals surface area contributed by atoms with Crippen molar-refractivity contribution < 1.29 is 24.7 Å². The number of carboxylic acid groups (broad SMARTS) is 1. The van der Waals surface area contributed by atoms with E-state index in [9.17, 15) is 20.0 Å². The van der Waals surface area contributed by atoms with Crippen LogP contribution in [0.25, 0.3) is 0 Å². The molecule has 0 amide bonds. The Morgan fingerprint density at radius 2 is 2.24 bits per heavy atom. The first kappa shape index (κ1) is 12.9. The summed E-state index contributed by atoms with van der Waals surface area (Å²) >= 11 is 0. The molecule has 0 saturated heterocycles. The number of aliphatic hydroxyl groups is 1. The number of nitrogens with zero attached hydrogens (tertiary/aromatic N) is 1. The molecule has 7 heteroatoms. The summed E-state index contributed by atoms with van der Waals surface area (Å²) in [4.78, 5) is 20.4. The largest absolute Gasteiger partial charge is 0.496 e. The Bertz CT molecular complexity index is 444. The van der Waals surface area contributed by atoms with Crippen LogP contribution in [0.3, 0.4) is 0 Å². The van der Waals surface area contributed by atoms with Crippen LogP contribution in [0.15, 0.2) is 18.2 Å². The minimum atomic E-state index is -1.26. The van der Waals surface area contributed by atoms with Crippen molar-refractivity contribution in [3.63, 3.8) is 0 Å². The minimum Gasteiger partial charge on any atom is -0.496 e. The van der Waals surface area contributed by atoms with Gasteiger partial charge in [0, 0.05) is 11.6 Å². The fourth-order valence-electron chi connectivity index (χ4n) is 1.36. The van der Waals surface area contributed by atoms with Crippen molar-refractivity contribution in [1.29, 1.82) is 0 Å². The van der Waals surface area contributed by atoms with Crippen LogP contribution in [0.1, 0.15) is 18.1 Å². The molecule has 0 aromatic heterocycles. The summed E-state index contributed by atoms with van der Waals surface area (Å²) in [6.07, 6.45) is -1.75. The van der Waals surface area contributed by atoms with Crippen LogP contribution in [-0.4, -0.2) is 28.2 Å². The van der Waals surface area contributed by atoms with E-state index in [1.807, 2.05) is 0 Å². The van der Waals surface area contributed by atoms with Crippen LogP contribution >= 0.6 is 0 Å². The zero-order valence-electron chi connectivity index (χ0n) is 8.99. The van der Waals surface area contributed by atoms with Gasteiger partial charge in [0.25, 0.3) is 5.69 Å². The van der Waals surface area contributed by atoms with Gasteiger partial charge in [0.15, 0.2) is 0 Å². The number of nitro benzene ring substituents is 1. The zero-order chi connectivity index (χ0) is 13.0. The van der Waals surface area contributed by atoms with Crippen LogP contribution < -0.4 is 4.74 Å². The predicted molar refractivity (Wildman–Crippen MR) is 56.9 cm³/mol. The molecule has 0 unspecified atom stereocenters. The quantitative estimate of drug-likeness (QED) is 0.590. The maximum absolute atomic E-state index is 10.5. The lowest BCUT2D eigenvalue weighted by Crippen LogP contribution is -2.07. The van der Waals surface area contributed by atoms with Crippen LogP contribution in [0.4, 0.5) is 5.69 Å². The van der Waals surface area contributed by atoms with E-state index >= 15 is 0 Å². The van der Waals surface area contributed by atoms with E-state index in [4.69, 9.17) is 9.84 Å². The van der Waals surface area contributed by atoms with E-state index in [0.717, 1.165) is 6.07 Å². The first-order valence-electron chi connectivity index (χ1n) is 4.68. The average molecular weight is 241 g/mol. The summed E-state index contributed by atoms with van der Waals surface area (Å²) in [6, 6.07) is 3.61. The van der Waals surface area contributed by atoms with Gasteiger partial charge in [-0.25, -0.2) is 0 Å². The third-order valence-corrected chi connectivity index (χ3v) is 2.15. The van der Waals surface area contributed by atoms with Crippen LogP contribution in [0.2, 0.25) is 0 Å². The lowest BCUT2D eigenvalue weighted by atomic mass is 10.0. The first-order valence-corrected chi connectivity index (χ1v) is 4.68. The minimum absolute atomic E-state index is 0.0907. The lowest BCUT2D eigenvalue weighted by molar-refractivity contribution is -0.384. The number of rotatable bonds is 5. The van der Waals surface area contributed by atoms with Gasteiger partial charge < -0.3 is 14.9 Å². The molecule has 2 N–H and O–H groups in total. The van der Waals surface area contributed by atoms with E-state index in [2.05, 4.69) is 0 Å². The topological polar surface area (TPSA) is 110 Å². The summed E-state index contributed by atoms with van der Waals surface area (Å²) in [5, 5.41) is 28.7. The molecule has 1 rings (SSSR count). The number of benzene rings is 1. The highest BCUT2D eigenvalue weighted by molar-refractivity contribution is 5.68. The normalized spacial score (nSPS) is 11.9. The van der Waals surface area contributed by atoms with Crippen molar-refractivity contribution in [1.82, 2.24) is 0 Å². The monoisotopic (exact) mass is 241 g/mol. The second-order valence-corrected chi connectivity index (χ2v) is 3.30. The predicted octanol–water partition coefficient (Wildman–Crippen LogP) is 1.11. The van der Waals surface area contributed by atoms with Gasteiger partial charge >= 0.3 is 5.97 Å². The molecule has 0 aliphatic heterocycles. The van der Waals surface area contributed by atoms with Gasteiger partial charge in [-0.15, -0.1) is 0 Å². The van der Waals surface area contributed by atoms with E-state index in [0.29, 0.717) is 0 Å². The highest BCUT2D eigenvalue weighted by Crippen LogP contribution is 2.30. The number of carbonyl (C=O) groups is 1. The molecule has 0 heterocycles. The zero-order valence-corrected chi connectivity index (χ0v) is 8.99. The molecule has 1 atom stereocenters. The SMILES string of the molecule is COc1cc([N+](=O)[O-])ccc1[C@H](O)CC(=O)O. The number of hydrogen-bond donors (Lipinski definition) is 2. The van der Waals surface area contributed by atoms with Gasteiger partial charge in [-0.3, -0.25) is 14.9 Å². The van der Waals surface area contributed by atoms with Gasteiger partial charge in [0.1, 0.15) is 5.75 Å². The molecule has 1 aromatic rings. The van der Waals surface area contributed by atoms with Crippen LogP contribution in [0.5, 0.6) is 5.75 Å². The molecular weight excluding hydrogens is 230 g/mol. The molecule has 0 fully saturated rings. The molecular formula is C10H11NO6. The lowest BCUT2D eigenvalue weighted by Gasteiger charge is -2.12. The Morgan fingerprint density at radius 1 is 1.59 bits per heavy atom. The molecule has 92 valence electrons. The van der Waals surface area contributed by atoms with Crippen LogP contribution in [0, 0.1) is 10.1 Å². The second-order valence-electron chi connectivity index (χ2n) is 3.30. The number of aliphatic hydroxyl groups excluding tert-OH is 1. The number of hydrogen-bond acceptors (Lipinski definition) is 5. The molecule has 7 nitrogen and oxygen atoms in total. The van der Waals surface area contributed by atoms with Crippen molar-refractivity contribution in [2.45, 2.75) is 12.5 Å². The standard InChI is InChI=1S/C10H11NO6/c1-17-9-4-6(11(15)16)2-3-7(9)8(12)5-10(13)14/h2-4,8,12H,5H2,1H3,(H,13,14)/t8-/m1/s1. The maximum atomic E-state index is 10.5. The van der Waals surface area contributed by atoms with E-state index in [-0.39, 0.29) is 17.0 Å². The van der Waals surface area contributed by atoms with Gasteiger partial charge in [-0.05, 0) is 6.07 Å². The van der Waals surface area contributed by atoms with Gasteiger partial charge in [-0.1, -0.05) is 0 Å². The van der Waals surface area contributed by atoms with E-state index in [1.165, 1.54) is 19.2 Å². The summed E-state index contributed by atoms with van der Waals surface area (Å²) < 4.78 is 4.88. The van der Waals surface area contributed by atoms with Crippen molar-refractivity contribution in [3.8, 4) is 5.75 Å². The molecule has 17 heavy (non-hydrogen) atoms. The number of ether oxygens (including phenoxy) is 1. The Morgan fingerprint density at radius 3 is 2.71 bits per heavy atom. The molecule has 0 radical (unpaired) electrons. The number of nitro groups is 1. The molecule has 0 saturated carbocycles. The van der Waals surface area contributed by atoms with E-state index < -0.39 is 23.4 Å². The Kier molecular flexibility index (Phi) is 4.00. The third-order valence-electron chi connectivity index (χ3n) is 2.15. The Labute approximate surface area is 96.4 Å². The molecule has 1 aromatic carbocycles. The average Bonchev–Trinajstić information content (AvgIpc) is 2.27. The molecule has 0 aliphatic carbocycles. The maximum Gasteiger partial charge on any atom is 0.306 e. The van der Waals surface area contributed by atoms with E-state index in [1.54, 1.807) is 0 Å². The third kappa shape index (κ3) is 3.15. The number of methoxy groups -OCH3 is 1. The van der Waals surface area contributed by atoms with Crippen molar-refractivity contribution in [2.24, 2.45) is 0 Å². The highest BCUT2D eigenvalue weighted by Gasteiger charge is 2.19. The van der Waals surface area contributed by atoms with Crippen molar-refractivity contribution >= 4 is 11.7 Å². The molecule has 0 bridgehead atoms. The van der Waals surface area contributed by atoms with Crippen molar-refractivity contribution in [2.75, 3.05) is 7.11 Å². The highest BCUT2D eigenvalue weighted by atomic mass is 16.6. The smallest absolute Gasteiger partial charge is 0.306 e. The molecule has 0 aliphatic rings. The Balaban J connectivity index is 3.07. The first-order chi connectivity index (χ1) is 7.95. The number of carboxylic acids is 1. The fourth-order valence-corrected chi connectivity index (χ4v) is 1.36. The second kappa shape index (κ2) is 5.26. The summed E-state index contributed by atoms with van der Waals surface area (Å²) in [7, 11) is 1.29. The summed E-state index contributed by atoms with van der Waals surface area (Å²) in [5.74, 6) is -1.08. The van der Waals surface area contributed by atoms with Crippen molar-refractivity contribution in [3.05, 3.63) is 33.9 Å². The van der Waals surface area contributed by atoms with Gasteiger partial charge in [-0.2, -0.15) is 0 Å². The summed E-state index contributed by atoms with van der Waals surface area (Å²) in [5.41, 5.74) is 0.0219. The van der Waals surface area contributed by atoms with Crippen LogP contribution in [-0.2, 0) is 4.79 Å². The Hall–Kier alpha value is -2.15. The fraction of sp³-hybridized carbons (Fsp3) is 0.300. The number of non-ortho nitro benzene ring substituents is 1. The molecule has 0 spiro atoms. The number of aliphatic carboxylic acids is 1.